The molecular formula is C19H15F7N2O2. The summed E-state index contributed by atoms with van der Waals surface area (Å²) in [4.78, 5) is 25.2. The molecule has 1 N–H and O–H groups in total. The Morgan fingerprint density at radius 2 is 1.60 bits per heavy atom. The van der Waals surface area contributed by atoms with Gasteiger partial charge in [0, 0.05) is 25.7 Å². The van der Waals surface area contributed by atoms with Gasteiger partial charge < -0.3 is 10.2 Å². The first-order chi connectivity index (χ1) is 13.8. The van der Waals surface area contributed by atoms with Gasteiger partial charge >= 0.3 is 12.4 Å². The highest BCUT2D eigenvalue weighted by atomic mass is 19.4. The predicted molar refractivity (Wildman–Crippen MR) is 92.1 cm³/mol. The van der Waals surface area contributed by atoms with E-state index < -0.39 is 46.7 Å². The van der Waals surface area contributed by atoms with Crippen LogP contribution in [0, 0.1) is 5.82 Å². The highest BCUT2D eigenvalue weighted by Gasteiger charge is 2.35. The summed E-state index contributed by atoms with van der Waals surface area (Å²) in [5.41, 5.74) is -3.65. The maximum atomic E-state index is 14.0. The van der Waals surface area contributed by atoms with E-state index in [0.29, 0.717) is 12.1 Å². The van der Waals surface area contributed by atoms with Gasteiger partial charge in [-0.1, -0.05) is 12.1 Å². The average molecular weight is 436 g/mol. The second kappa shape index (κ2) is 8.72. The van der Waals surface area contributed by atoms with Crippen molar-refractivity contribution in [2.75, 3.05) is 20.1 Å². The number of halogens is 7. The normalized spacial score (nSPS) is 11.9. The van der Waals surface area contributed by atoms with Gasteiger partial charge in [0.25, 0.3) is 11.8 Å². The number of likely N-dealkylation sites (N-methyl/N-ethyl adjacent to an activating group) is 1. The van der Waals surface area contributed by atoms with E-state index in [1.165, 1.54) is 13.1 Å². The van der Waals surface area contributed by atoms with Crippen LogP contribution in [0.3, 0.4) is 0 Å². The lowest BCUT2D eigenvalue weighted by molar-refractivity contribution is -0.140. The molecule has 0 bridgehead atoms. The van der Waals surface area contributed by atoms with Crippen molar-refractivity contribution < 1.29 is 40.3 Å². The van der Waals surface area contributed by atoms with Crippen molar-refractivity contribution in [1.29, 1.82) is 0 Å². The molecule has 0 fully saturated rings. The Hall–Kier alpha value is -3.11. The van der Waals surface area contributed by atoms with Gasteiger partial charge in [0.2, 0.25) is 0 Å². The van der Waals surface area contributed by atoms with Crippen LogP contribution in [0.2, 0.25) is 0 Å². The summed E-state index contributed by atoms with van der Waals surface area (Å²) in [5, 5.41) is 2.17. The van der Waals surface area contributed by atoms with Gasteiger partial charge in [0.05, 0.1) is 16.7 Å². The van der Waals surface area contributed by atoms with Crippen molar-refractivity contribution >= 4 is 11.8 Å². The van der Waals surface area contributed by atoms with E-state index in [9.17, 15) is 40.3 Å². The maximum absolute atomic E-state index is 14.0. The molecule has 30 heavy (non-hydrogen) atoms. The average Bonchev–Trinajstić information content (AvgIpc) is 2.65. The molecule has 0 saturated heterocycles. The molecule has 0 aliphatic rings. The van der Waals surface area contributed by atoms with E-state index in [-0.39, 0.29) is 18.7 Å². The van der Waals surface area contributed by atoms with Crippen molar-refractivity contribution in [1.82, 2.24) is 10.2 Å². The number of alkyl halides is 6. The minimum absolute atomic E-state index is 0.179. The van der Waals surface area contributed by atoms with Crippen molar-refractivity contribution in [3.8, 4) is 0 Å². The van der Waals surface area contributed by atoms with E-state index in [2.05, 4.69) is 5.32 Å². The van der Waals surface area contributed by atoms with Gasteiger partial charge in [-0.2, -0.15) is 26.3 Å². The number of nitrogens with one attached hydrogen (secondary N) is 1. The molecule has 0 aromatic heterocycles. The Morgan fingerprint density at radius 1 is 0.967 bits per heavy atom. The molecule has 2 amide bonds. The highest BCUT2D eigenvalue weighted by Crippen LogP contribution is 2.32. The Bertz CT molecular complexity index is 939. The molecule has 162 valence electrons. The van der Waals surface area contributed by atoms with Crippen LogP contribution in [0.15, 0.2) is 42.5 Å². The highest BCUT2D eigenvalue weighted by molar-refractivity contribution is 5.95. The van der Waals surface area contributed by atoms with Crippen molar-refractivity contribution in [3.05, 3.63) is 70.5 Å². The molecule has 0 saturated carbocycles. The van der Waals surface area contributed by atoms with Gasteiger partial charge in [0.15, 0.2) is 0 Å². The number of amides is 2. The van der Waals surface area contributed by atoms with E-state index in [0.717, 1.165) is 29.2 Å². The minimum atomic E-state index is -4.97. The van der Waals surface area contributed by atoms with Crippen molar-refractivity contribution in [3.63, 3.8) is 0 Å². The van der Waals surface area contributed by atoms with E-state index in [4.69, 9.17) is 0 Å². The zero-order chi connectivity index (χ0) is 22.7. The quantitative estimate of drug-likeness (QED) is 0.708. The summed E-state index contributed by atoms with van der Waals surface area (Å²) in [5.74, 6) is -3.62. The van der Waals surface area contributed by atoms with Gasteiger partial charge in [-0.25, -0.2) is 4.39 Å². The number of hydrogen-bond acceptors (Lipinski definition) is 2. The molecule has 2 aromatic rings. The summed E-state index contributed by atoms with van der Waals surface area (Å²) in [6, 6.07) is 5.98. The summed E-state index contributed by atoms with van der Waals surface area (Å²) < 4.78 is 90.3. The molecule has 0 radical (unpaired) electrons. The number of hydrogen-bond donors (Lipinski definition) is 1. The zero-order valence-electron chi connectivity index (χ0n) is 15.4. The van der Waals surface area contributed by atoms with Crippen LogP contribution in [0.1, 0.15) is 31.8 Å². The van der Waals surface area contributed by atoms with Gasteiger partial charge in [0.1, 0.15) is 5.82 Å². The van der Waals surface area contributed by atoms with Crippen LogP contribution < -0.4 is 5.32 Å². The Morgan fingerprint density at radius 3 is 2.20 bits per heavy atom. The minimum Gasteiger partial charge on any atom is -0.350 e. The first kappa shape index (κ1) is 23.2. The Labute approximate surface area is 166 Å². The summed E-state index contributed by atoms with van der Waals surface area (Å²) in [6.07, 6.45) is -9.60. The molecule has 2 aromatic carbocycles. The standard InChI is InChI=1S/C19H15F7N2O2/c1-28(17(30)11-4-2-5-12(10-11)18(21,22)23)9-8-27-16(29)13-6-3-7-14(15(13)20)19(24,25)26/h2-7,10H,8-9H2,1H3,(H,27,29). The van der Waals surface area contributed by atoms with Crippen molar-refractivity contribution in [2.24, 2.45) is 0 Å². The van der Waals surface area contributed by atoms with Crippen molar-refractivity contribution in [2.45, 2.75) is 12.4 Å². The molecule has 0 unspecified atom stereocenters. The molecule has 4 nitrogen and oxygen atoms in total. The van der Waals surface area contributed by atoms with Crippen LogP contribution in [0.5, 0.6) is 0 Å². The third kappa shape index (κ3) is 5.49. The monoisotopic (exact) mass is 436 g/mol. The maximum Gasteiger partial charge on any atom is 0.419 e. The first-order valence-electron chi connectivity index (χ1n) is 8.39. The Balaban J connectivity index is 2.00. The molecule has 11 heteroatoms. The van der Waals surface area contributed by atoms with Gasteiger partial charge in [-0.15, -0.1) is 0 Å². The lowest BCUT2D eigenvalue weighted by Gasteiger charge is -2.18. The van der Waals surface area contributed by atoms with Gasteiger partial charge in [-0.3, -0.25) is 9.59 Å². The van der Waals surface area contributed by atoms with E-state index >= 15 is 0 Å². The fraction of sp³-hybridized carbons (Fsp3) is 0.263. The molecule has 0 aliphatic heterocycles. The number of nitrogens with zero attached hydrogens (tertiary/aromatic N) is 1. The summed E-state index contributed by atoms with van der Waals surface area (Å²) >= 11 is 0. The first-order valence-corrected chi connectivity index (χ1v) is 8.39. The fourth-order valence-corrected chi connectivity index (χ4v) is 2.51. The second-order valence-corrected chi connectivity index (χ2v) is 6.23. The molecule has 0 spiro atoms. The molecule has 2 rings (SSSR count). The third-order valence-corrected chi connectivity index (χ3v) is 4.07. The molecular weight excluding hydrogens is 421 g/mol. The summed E-state index contributed by atoms with van der Waals surface area (Å²) in [6.45, 7) is -0.447. The van der Waals surface area contributed by atoms with E-state index in [1.807, 2.05) is 0 Å². The largest absolute Gasteiger partial charge is 0.419 e. The number of benzene rings is 2. The van der Waals surface area contributed by atoms with Gasteiger partial charge in [-0.05, 0) is 30.3 Å². The smallest absolute Gasteiger partial charge is 0.350 e. The molecule has 0 atom stereocenters. The van der Waals surface area contributed by atoms with Crippen LogP contribution in [0.25, 0.3) is 0 Å². The number of carbonyl (C=O) groups excluding carboxylic acids is 2. The van der Waals surface area contributed by atoms with Crippen LogP contribution in [-0.4, -0.2) is 36.9 Å². The predicted octanol–water partition coefficient (Wildman–Crippen LogP) is 4.37. The zero-order valence-corrected chi connectivity index (χ0v) is 15.4. The SMILES string of the molecule is CN(CCNC(=O)c1cccc(C(F)(F)F)c1F)C(=O)c1cccc(C(F)(F)F)c1. The lowest BCUT2D eigenvalue weighted by atomic mass is 10.1. The second-order valence-electron chi connectivity index (χ2n) is 6.23. The Kier molecular flexibility index (Phi) is 6.73. The van der Waals surface area contributed by atoms with E-state index in [1.54, 1.807) is 0 Å². The molecule has 0 heterocycles. The number of carbonyl (C=O) groups is 2. The third-order valence-electron chi connectivity index (χ3n) is 4.07. The van der Waals surface area contributed by atoms with Crippen LogP contribution in [0.4, 0.5) is 30.7 Å². The van der Waals surface area contributed by atoms with Crippen LogP contribution >= 0.6 is 0 Å². The number of rotatable bonds is 5. The fourth-order valence-electron chi connectivity index (χ4n) is 2.51. The summed E-state index contributed by atoms with van der Waals surface area (Å²) in [7, 11) is 1.26. The topological polar surface area (TPSA) is 49.4 Å². The lowest BCUT2D eigenvalue weighted by Crippen LogP contribution is -2.36. The van der Waals surface area contributed by atoms with Crippen LogP contribution in [-0.2, 0) is 12.4 Å². The molecule has 0 aliphatic carbocycles.